The second kappa shape index (κ2) is 14.5. The van der Waals surface area contributed by atoms with Crippen LogP contribution in [0.15, 0.2) is 42.5 Å². The number of benzene rings is 2. The van der Waals surface area contributed by atoms with Crippen LogP contribution in [0, 0.1) is 11.8 Å². The summed E-state index contributed by atoms with van der Waals surface area (Å²) in [5.74, 6) is 2.05. The van der Waals surface area contributed by atoms with Crippen molar-refractivity contribution < 1.29 is 24.2 Å². The van der Waals surface area contributed by atoms with Crippen LogP contribution < -0.4 is 9.47 Å². The summed E-state index contributed by atoms with van der Waals surface area (Å²) in [5, 5.41) is 10.2. The summed E-state index contributed by atoms with van der Waals surface area (Å²) in [4.78, 5) is 31.3. The highest BCUT2D eigenvalue weighted by molar-refractivity contribution is 5.77. The number of carbonyl (C=O) groups excluding carboxylic acids is 2. The molecule has 2 aliphatic heterocycles. The van der Waals surface area contributed by atoms with Crippen molar-refractivity contribution in [1.29, 1.82) is 0 Å². The zero-order valence-electron chi connectivity index (χ0n) is 29.2. The third kappa shape index (κ3) is 6.54. The summed E-state index contributed by atoms with van der Waals surface area (Å²) < 4.78 is 12.8. The van der Waals surface area contributed by atoms with Gasteiger partial charge >= 0.3 is 5.97 Å². The normalized spacial score (nSPS) is 29.6. The second-order valence-electron chi connectivity index (χ2n) is 15.5. The number of ether oxygens (including phenoxy) is 2. The molecule has 2 aromatic carbocycles. The molecule has 7 nitrogen and oxygen atoms in total. The molecule has 1 amide bonds. The topological polar surface area (TPSA) is 79.3 Å². The third-order valence-electron chi connectivity index (χ3n) is 12.4. The van der Waals surface area contributed by atoms with E-state index in [2.05, 4.69) is 53.1 Å². The van der Waals surface area contributed by atoms with E-state index < -0.39 is 0 Å². The van der Waals surface area contributed by atoms with Gasteiger partial charge in [0.25, 0.3) is 0 Å². The standard InChI is InChI=1S/C41H56N2O5/c1-3-4-13-23-43(37(46)17-12-7-5-6-9-14-29-15-10-8-11-16-29)33-20-19-32-34-25-30-18-21-36(47-28(2)44)39-38(30)41(32,40(33)48-39)22-24-42(34)27-31-26-35(31)45/h8,10-11,15-16,18,21,31-35,40,45H,3-7,9,12-14,17,19-20,22-27H2,1-2H3/t31?,32-,33-,34+,35?,40-,41-/m0/s1. The number of rotatable bonds is 16. The van der Waals surface area contributed by atoms with E-state index in [-0.39, 0.29) is 35.5 Å². The molecule has 1 saturated heterocycles. The fraction of sp³-hybridized carbons (Fsp3) is 0.659. The minimum absolute atomic E-state index is 0.0115. The summed E-state index contributed by atoms with van der Waals surface area (Å²) in [6.07, 6.45) is 15.1. The smallest absolute Gasteiger partial charge is 0.308 e. The van der Waals surface area contributed by atoms with Crippen molar-refractivity contribution in [2.75, 3.05) is 19.6 Å². The second-order valence-corrected chi connectivity index (χ2v) is 15.5. The van der Waals surface area contributed by atoms with E-state index in [0.29, 0.717) is 30.0 Å². The van der Waals surface area contributed by atoms with Gasteiger partial charge in [0.2, 0.25) is 5.91 Å². The highest BCUT2D eigenvalue weighted by Gasteiger charge is 2.67. The Morgan fingerprint density at radius 1 is 1.02 bits per heavy atom. The van der Waals surface area contributed by atoms with Gasteiger partial charge in [0.15, 0.2) is 11.5 Å². The number of esters is 1. The lowest BCUT2D eigenvalue weighted by Crippen LogP contribution is -2.69. The molecule has 7 heteroatoms. The van der Waals surface area contributed by atoms with Crippen molar-refractivity contribution in [2.45, 2.75) is 140 Å². The summed E-state index contributed by atoms with van der Waals surface area (Å²) in [7, 11) is 0. The Bertz CT molecular complexity index is 1450. The molecule has 2 aromatic rings. The van der Waals surface area contributed by atoms with Crippen molar-refractivity contribution >= 4 is 11.9 Å². The van der Waals surface area contributed by atoms with Crippen LogP contribution in [0.1, 0.15) is 114 Å². The molecule has 2 bridgehead atoms. The van der Waals surface area contributed by atoms with Crippen LogP contribution in [-0.2, 0) is 27.8 Å². The fourth-order valence-corrected chi connectivity index (χ4v) is 10.0. The predicted octanol–water partition coefficient (Wildman–Crippen LogP) is 7.00. The largest absolute Gasteiger partial charge is 0.483 e. The molecule has 0 aromatic heterocycles. The van der Waals surface area contributed by atoms with Crippen LogP contribution in [-0.4, -0.2) is 70.7 Å². The third-order valence-corrected chi connectivity index (χ3v) is 12.4. The molecule has 260 valence electrons. The first-order chi connectivity index (χ1) is 23.4. The maximum atomic E-state index is 14.2. The van der Waals surface area contributed by atoms with Crippen LogP contribution in [0.2, 0.25) is 0 Å². The molecule has 3 fully saturated rings. The van der Waals surface area contributed by atoms with Crippen LogP contribution in [0.5, 0.6) is 11.5 Å². The van der Waals surface area contributed by atoms with Gasteiger partial charge in [-0.1, -0.05) is 75.4 Å². The molecule has 1 spiro atoms. The van der Waals surface area contributed by atoms with Crippen molar-refractivity contribution in [3.8, 4) is 11.5 Å². The Morgan fingerprint density at radius 3 is 2.58 bits per heavy atom. The SMILES string of the molecule is CCCCCN(C(=O)CCCCCCCc1ccccc1)[C@H]1CC[C@H]2[C@H]3Cc4ccc(OC(C)=O)c5c4[C@@]2(CCN3CC2CC2O)[C@H]1O5. The zero-order valence-corrected chi connectivity index (χ0v) is 29.2. The lowest BCUT2D eigenvalue weighted by Gasteiger charge is -2.60. The Hall–Kier alpha value is -2.90. The summed E-state index contributed by atoms with van der Waals surface area (Å²) in [5.41, 5.74) is 3.79. The van der Waals surface area contributed by atoms with Gasteiger partial charge in [0.05, 0.1) is 12.1 Å². The van der Waals surface area contributed by atoms with Gasteiger partial charge < -0.3 is 19.5 Å². The summed E-state index contributed by atoms with van der Waals surface area (Å²) in [6.45, 7) is 6.40. The molecule has 3 aliphatic carbocycles. The van der Waals surface area contributed by atoms with Gasteiger partial charge in [-0.2, -0.15) is 0 Å². The minimum Gasteiger partial charge on any atom is -0.483 e. The maximum absolute atomic E-state index is 14.2. The first-order valence-corrected chi connectivity index (χ1v) is 19.2. The Morgan fingerprint density at radius 2 is 1.81 bits per heavy atom. The molecule has 2 heterocycles. The van der Waals surface area contributed by atoms with Crippen LogP contribution in [0.4, 0.5) is 0 Å². The van der Waals surface area contributed by atoms with E-state index >= 15 is 0 Å². The Balaban J connectivity index is 1.08. The summed E-state index contributed by atoms with van der Waals surface area (Å²) in [6, 6.07) is 15.2. The van der Waals surface area contributed by atoms with Crippen molar-refractivity contribution in [1.82, 2.24) is 9.80 Å². The average Bonchev–Trinajstić information content (AvgIpc) is 3.66. The number of nitrogens with zero attached hydrogens (tertiary/aromatic N) is 2. The number of aryl methyl sites for hydroxylation is 1. The number of carbonyl (C=O) groups is 2. The predicted molar refractivity (Wildman–Crippen MR) is 187 cm³/mol. The quantitative estimate of drug-likeness (QED) is 0.119. The molecular formula is C41H56N2O5. The fourth-order valence-electron chi connectivity index (χ4n) is 10.0. The number of amides is 1. The van der Waals surface area contributed by atoms with Crippen molar-refractivity contribution in [3.05, 3.63) is 59.2 Å². The van der Waals surface area contributed by atoms with Gasteiger partial charge in [-0.3, -0.25) is 14.5 Å². The monoisotopic (exact) mass is 656 g/mol. The molecule has 7 atom stereocenters. The first-order valence-electron chi connectivity index (χ1n) is 19.2. The van der Waals surface area contributed by atoms with E-state index in [9.17, 15) is 14.7 Å². The summed E-state index contributed by atoms with van der Waals surface area (Å²) >= 11 is 0. The number of hydrogen-bond donors (Lipinski definition) is 1. The average molecular weight is 657 g/mol. The Kier molecular flexibility index (Phi) is 10.2. The van der Waals surface area contributed by atoms with Crippen molar-refractivity contribution in [3.63, 3.8) is 0 Å². The number of hydrogen-bond acceptors (Lipinski definition) is 6. The molecule has 2 unspecified atom stereocenters. The Labute approximate surface area is 287 Å². The molecular weight excluding hydrogens is 600 g/mol. The van der Waals surface area contributed by atoms with Gasteiger partial charge in [-0.15, -0.1) is 0 Å². The van der Waals surface area contributed by atoms with Gasteiger partial charge in [-0.25, -0.2) is 0 Å². The van der Waals surface area contributed by atoms with Crippen molar-refractivity contribution in [2.24, 2.45) is 11.8 Å². The van der Waals surface area contributed by atoms with Crippen LogP contribution in [0.25, 0.3) is 0 Å². The van der Waals surface area contributed by atoms with Crippen LogP contribution in [0.3, 0.4) is 0 Å². The van der Waals surface area contributed by atoms with Crippen LogP contribution >= 0.6 is 0 Å². The van der Waals surface area contributed by atoms with E-state index in [1.807, 2.05) is 6.07 Å². The molecule has 1 N–H and O–H groups in total. The van der Waals surface area contributed by atoms with Gasteiger partial charge in [0.1, 0.15) is 6.10 Å². The van der Waals surface area contributed by atoms with E-state index in [4.69, 9.17) is 9.47 Å². The minimum atomic E-state index is -0.335. The van der Waals surface area contributed by atoms with E-state index in [1.165, 1.54) is 42.9 Å². The molecule has 7 rings (SSSR count). The van der Waals surface area contributed by atoms with Gasteiger partial charge in [-0.05, 0) is 87.4 Å². The lowest BCUT2D eigenvalue weighted by atomic mass is 9.51. The molecule has 48 heavy (non-hydrogen) atoms. The number of likely N-dealkylation sites (tertiary alicyclic amines) is 1. The maximum Gasteiger partial charge on any atom is 0.308 e. The zero-order chi connectivity index (χ0) is 33.3. The van der Waals surface area contributed by atoms with E-state index in [0.717, 1.165) is 96.0 Å². The highest BCUT2D eigenvalue weighted by Crippen LogP contribution is 2.64. The van der Waals surface area contributed by atoms with E-state index in [1.54, 1.807) is 0 Å². The van der Waals surface area contributed by atoms with Gasteiger partial charge in [0, 0.05) is 49.4 Å². The first kappa shape index (κ1) is 33.6. The molecule has 2 saturated carbocycles. The lowest BCUT2D eigenvalue weighted by molar-refractivity contribution is -0.143. The number of aliphatic hydroxyl groups is 1. The highest BCUT2D eigenvalue weighted by atomic mass is 16.6. The number of aliphatic hydroxyl groups excluding tert-OH is 1. The molecule has 5 aliphatic rings. The number of unbranched alkanes of at least 4 members (excludes halogenated alkanes) is 6. The molecule has 0 radical (unpaired) electrons. The number of piperidine rings is 1.